The van der Waals surface area contributed by atoms with Crippen LogP contribution in [0.4, 0.5) is 43.9 Å². The Morgan fingerprint density at radius 2 is 1.00 bits per heavy atom. The second-order valence-electron chi connectivity index (χ2n) is 3.75. The molecule has 0 N–H and O–H groups in total. The minimum atomic E-state index is -6.63. The summed E-state index contributed by atoms with van der Waals surface area (Å²) in [5.41, 5.74) is 0. The van der Waals surface area contributed by atoms with E-state index in [4.69, 9.17) is 0 Å². The summed E-state index contributed by atoms with van der Waals surface area (Å²) in [4.78, 5) is 30.0. The molecule has 0 aliphatic carbocycles. The summed E-state index contributed by atoms with van der Waals surface area (Å²) in [6.07, 6.45) is -13.3. The van der Waals surface area contributed by atoms with Gasteiger partial charge in [-0.05, 0) is 6.92 Å². The van der Waals surface area contributed by atoms with Gasteiger partial charge in [-0.15, -0.1) is 0 Å². The molecule has 0 heterocycles. The van der Waals surface area contributed by atoms with Gasteiger partial charge in [0.15, 0.2) is 0 Å². The van der Waals surface area contributed by atoms with Gasteiger partial charge in [-0.2, -0.15) is 43.9 Å². The Morgan fingerprint density at radius 3 is 1.12 bits per heavy atom. The van der Waals surface area contributed by atoms with Crippen molar-refractivity contribution in [2.75, 3.05) is 6.61 Å². The van der Waals surface area contributed by atoms with Crippen molar-refractivity contribution >= 4 is 17.9 Å². The monoisotopic (exact) mass is 398 g/mol. The van der Waals surface area contributed by atoms with E-state index in [1.165, 1.54) is 6.92 Å². The zero-order chi connectivity index (χ0) is 20.9. The van der Waals surface area contributed by atoms with Crippen molar-refractivity contribution in [3.8, 4) is 0 Å². The van der Waals surface area contributed by atoms with Crippen LogP contribution in [0.3, 0.4) is 0 Å². The summed E-state index contributed by atoms with van der Waals surface area (Å²) in [6, 6.07) is 0. The van der Waals surface area contributed by atoms with Crippen molar-refractivity contribution in [3.63, 3.8) is 0 Å². The molecular formula is C10H8F10O5. The first kappa shape index (κ1) is 25.2. The van der Waals surface area contributed by atoms with Gasteiger partial charge in [0, 0.05) is 6.92 Å². The Hall–Kier alpha value is -2.09. The molecule has 0 aromatic rings. The van der Waals surface area contributed by atoms with Crippen LogP contribution in [0.1, 0.15) is 13.8 Å². The van der Waals surface area contributed by atoms with Gasteiger partial charge in [-0.1, -0.05) is 0 Å². The molecule has 0 saturated carbocycles. The molecule has 0 atom stereocenters. The molecule has 0 aromatic carbocycles. The highest BCUT2D eigenvalue weighted by atomic mass is 19.4. The van der Waals surface area contributed by atoms with Gasteiger partial charge < -0.3 is 9.47 Å². The second-order valence-corrected chi connectivity index (χ2v) is 3.75. The number of ether oxygens (including phenoxy) is 2. The number of hydrogen-bond donors (Lipinski definition) is 0. The molecule has 0 fully saturated rings. The van der Waals surface area contributed by atoms with E-state index in [1.807, 2.05) is 0 Å². The van der Waals surface area contributed by atoms with Crippen LogP contribution in [0, 0.1) is 0 Å². The first-order chi connectivity index (χ1) is 10.8. The maximum atomic E-state index is 12.1. The highest BCUT2D eigenvalue weighted by molar-refractivity contribution is 5.93. The van der Waals surface area contributed by atoms with Gasteiger partial charge >= 0.3 is 42.1 Å². The zero-order valence-corrected chi connectivity index (χ0v) is 12.0. The fraction of sp³-hybridized carbons (Fsp3) is 0.700. The molecule has 0 unspecified atom stereocenters. The molecule has 0 aliphatic rings. The summed E-state index contributed by atoms with van der Waals surface area (Å²) in [7, 11) is 0. The van der Waals surface area contributed by atoms with Gasteiger partial charge in [0.2, 0.25) is 0 Å². The smallest absolute Gasteiger partial charge is 0.465 e. The lowest BCUT2D eigenvalue weighted by Gasteiger charge is -2.20. The average molecular weight is 398 g/mol. The van der Waals surface area contributed by atoms with Crippen molar-refractivity contribution in [3.05, 3.63) is 0 Å². The standard InChI is InChI=1S/C6F10O3.C4H8O2/c7-3(8,5(11,12)13)1(17)19-2(18)4(9,10)6(14,15)16;1-3-6-4(2)5/h;3H2,1-2H3. The van der Waals surface area contributed by atoms with E-state index in [0.29, 0.717) is 6.61 Å². The number of carbonyl (C=O) groups excluding carboxylic acids is 3. The van der Waals surface area contributed by atoms with Crippen molar-refractivity contribution in [2.24, 2.45) is 0 Å². The average Bonchev–Trinajstić information content (AvgIpc) is 2.36. The van der Waals surface area contributed by atoms with Crippen molar-refractivity contribution in [1.82, 2.24) is 0 Å². The topological polar surface area (TPSA) is 69.7 Å². The molecule has 0 aromatic heterocycles. The highest BCUT2D eigenvalue weighted by Gasteiger charge is 2.69. The number of alkyl halides is 10. The fourth-order valence-electron chi connectivity index (χ4n) is 0.647. The molecule has 0 spiro atoms. The molecule has 5 nitrogen and oxygen atoms in total. The third-order valence-corrected chi connectivity index (χ3v) is 1.76. The number of carbonyl (C=O) groups is 3. The minimum absolute atomic E-state index is 0.211. The van der Waals surface area contributed by atoms with Crippen molar-refractivity contribution < 1.29 is 67.8 Å². The molecule has 0 aliphatic heterocycles. The summed E-state index contributed by atoms with van der Waals surface area (Å²) >= 11 is 0. The predicted octanol–water partition coefficient (Wildman–Crippen LogP) is 3.02. The van der Waals surface area contributed by atoms with Crippen LogP contribution in [0.15, 0.2) is 0 Å². The van der Waals surface area contributed by atoms with Crippen molar-refractivity contribution in [1.29, 1.82) is 0 Å². The summed E-state index contributed by atoms with van der Waals surface area (Å²) < 4.78 is 124. The van der Waals surface area contributed by atoms with Crippen molar-refractivity contribution in [2.45, 2.75) is 38.0 Å². The van der Waals surface area contributed by atoms with E-state index < -0.39 is 36.1 Å². The first-order valence-electron chi connectivity index (χ1n) is 5.61. The van der Waals surface area contributed by atoms with Crippen LogP contribution in [0.25, 0.3) is 0 Å². The SMILES string of the molecule is CCOC(C)=O.O=C(OC(=O)C(F)(F)C(F)(F)F)C(F)(F)C(F)(F)F. The Kier molecular flexibility index (Phi) is 8.38. The zero-order valence-electron chi connectivity index (χ0n) is 12.0. The Bertz CT molecular complexity index is 457. The van der Waals surface area contributed by atoms with E-state index in [-0.39, 0.29) is 5.97 Å². The summed E-state index contributed by atoms with van der Waals surface area (Å²) in [6.45, 7) is 3.65. The fourth-order valence-corrected chi connectivity index (χ4v) is 0.647. The highest BCUT2D eigenvalue weighted by Crippen LogP contribution is 2.39. The van der Waals surface area contributed by atoms with Gasteiger partial charge in [0.05, 0.1) is 6.61 Å². The van der Waals surface area contributed by atoms with Gasteiger partial charge in [0.1, 0.15) is 0 Å². The Morgan fingerprint density at radius 1 is 0.720 bits per heavy atom. The number of rotatable bonds is 3. The molecule has 148 valence electrons. The van der Waals surface area contributed by atoms with Crippen LogP contribution in [-0.2, 0) is 23.9 Å². The Balaban J connectivity index is 0. The molecule has 0 radical (unpaired) electrons. The number of hydrogen-bond acceptors (Lipinski definition) is 5. The van der Waals surface area contributed by atoms with Crippen LogP contribution >= 0.6 is 0 Å². The quantitative estimate of drug-likeness (QED) is 0.415. The van der Waals surface area contributed by atoms with E-state index in [2.05, 4.69) is 9.47 Å². The molecule has 0 rings (SSSR count). The van der Waals surface area contributed by atoms with Crippen LogP contribution in [0.5, 0.6) is 0 Å². The normalized spacial score (nSPS) is 12.6. The van der Waals surface area contributed by atoms with Crippen LogP contribution < -0.4 is 0 Å². The third-order valence-electron chi connectivity index (χ3n) is 1.76. The van der Waals surface area contributed by atoms with Gasteiger partial charge in [-0.25, -0.2) is 9.59 Å². The summed E-state index contributed by atoms with van der Waals surface area (Å²) in [5, 5.41) is 0. The molecule has 0 saturated heterocycles. The van der Waals surface area contributed by atoms with Gasteiger partial charge in [0.25, 0.3) is 0 Å². The molecule has 0 bridgehead atoms. The number of esters is 3. The lowest BCUT2D eigenvalue weighted by molar-refractivity contribution is -0.292. The largest absolute Gasteiger partial charge is 0.466 e. The maximum Gasteiger partial charge on any atom is 0.465 e. The van der Waals surface area contributed by atoms with Crippen LogP contribution in [0.2, 0.25) is 0 Å². The molecule has 15 heteroatoms. The van der Waals surface area contributed by atoms with E-state index in [9.17, 15) is 58.3 Å². The van der Waals surface area contributed by atoms with Crippen LogP contribution in [-0.4, -0.2) is 48.7 Å². The van der Waals surface area contributed by atoms with E-state index >= 15 is 0 Å². The molecule has 25 heavy (non-hydrogen) atoms. The maximum absolute atomic E-state index is 12.1. The lowest BCUT2D eigenvalue weighted by atomic mass is 10.3. The minimum Gasteiger partial charge on any atom is -0.466 e. The first-order valence-corrected chi connectivity index (χ1v) is 5.61. The van der Waals surface area contributed by atoms with Gasteiger partial charge in [-0.3, -0.25) is 4.79 Å². The summed E-state index contributed by atoms with van der Waals surface area (Å²) in [5.74, 6) is -20.8. The third kappa shape index (κ3) is 7.13. The Labute approximate surface area is 131 Å². The van der Waals surface area contributed by atoms with E-state index in [0.717, 1.165) is 0 Å². The molecule has 0 amide bonds. The predicted molar refractivity (Wildman–Crippen MR) is 55.4 cm³/mol. The number of halogens is 10. The second kappa shape index (κ2) is 8.33. The van der Waals surface area contributed by atoms with E-state index in [1.54, 1.807) is 6.92 Å². The lowest BCUT2D eigenvalue weighted by Crippen LogP contribution is -2.51. The molecular weight excluding hydrogens is 390 g/mol.